The molecule has 0 aliphatic heterocycles. The maximum absolute atomic E-state index is 10.3. The SMILES string of the molecule is CCCC(O)O.Cc1cccc(C(=O)[O-])c1O.[Na+]. The number of hydrogen-bond donors (Lipinski definition) is 3. The summed E-state index contributed by atoms with van der Waals surface area (Å²) < 4.78 is 0. The van der Waals surface area contributed by atoms with Gasteiger partial charge in [0.1, 0.15) is 5.75 Å². The summed E-state index contributed by atoms with van der Waals surface area (Å²) in [6.07, 6.45) is 0.215. The number of aliphatic hydroxyl groups is 2. The number of benzene rings is 1. The molecule has 3 N–H and O–H groups in total. The number of aromatic hydroxyl groups is 1. The van der Waals surface area contributed by atoms with E-state index in [-0.39, 0.29) is 40.9 Å². The van der Waals surface area contributed by atoms with Crippen LogP contribution in [-0.2, 0) is 0 Å². The number of carboxylic acids is 1. The molecule has 0 amide bonds. The van der Waals surface area contributed by atoms with Crippen LogP contribution in [0.15, 0.2) is 18.2 Å². The van der Waals surface area contributed by atoms with Gasteiger partial charge in [-0.25, -0.2) is 0 Å². The predicted molar refractivity (Wildman–Crippen MR) is 60.3 cm³/mol. The summed E-state index contributed by atoms with van der Waals surface area (Å²) in [5.41, 5.74) is 0.372. The van der Waals surface area contributed by atoms with Crippen LogP contribution in [0.2, 0.25) is 0 Å². The number of phenols is 1. The predicted octanol–water partition coefficient (Wildman–Crippen LogP) is -2.83. The second-order valence-corrected chi connectivity index (χ2v) is 3.53. The quantitative estimate of drug-likeness (QED) is 0.403. The molecule has 0 heterocycles. The van der Waals surface area contributed by atoms with Crippen LogP contribution >= 0.6 is 0 Å². The number of rotatable bonds is 3. The summed E-state index contributed by atoms with van der Waals surface area (Å²) in [6, 6.07) is 4.49. The van der Waals surface area contributed by atoms with Crippen LogP contribution in [0.3, 0.4) is 0 Å². The van der Waals surface area contributed by atoms with Crippen LogP contribution in [0, 0.1) is 6.92 Å². The average molecular weight is 264 g/mol. The third kappa shape index (κ3) is 7.68. The number of carbonyl (C=O) groups excluding carboxylic acids is 1. The Kier molecular flexibility index (Phi) is 11.3. The molecule has 0 radical (unpaired) electrons. The van der Waals surface area contributed by atoms with Gasteiger partial charge in [0.25, 0.3) is 0 Å². The molecule has 0 saturated carbocycles. The third-order valence-electron chi connectivity index (χ3n) is 2.00. The van der Waals surface area contributed by atoms with E-state index in [0.29, 0.717) is 12.0 Å². The minimum absolute atomic E-state index is 0. The second-order valence-electron chi connectivity index (χ2n) is 3.53. The number of aliphatic hydroxyl groups excluding tert-OH is 1. The molecule has 0 atom stereocenters. The van der Waals surface area contributed by atoms with Crippen molar-refractivity contribution in [2.45, 2.75) is 33.0 Å². The molecule has 1 aromatic carbocycles. The first-order chi connectivity index (χ1) is 7.90. The van der Waals surface area contributed by atoms with Gasteiger partial charge < -0.3 is 25.2 Å². The second kappa shape index (κ2) is 10.3. The van der Waals surface area contributed by atoms with Crippen LogP contribution in [0.1, 0.15) is 35.7 Å². The zero-order valence-corrected chi connectivity index (χ0v) is 12.9. The van der Waals surface area contributed by atoms with Crippen molar-refractivity contribution in [2.24, 2.45) is 0 Å². The molecule has 0 spiro atoms. The van der Waals surface area contributed by atoms with Crippen molar-refractivity contribution in [2.75, 3.05) is 0 Å². The smallest absolute Gasteiger partial charge is 0.545 e. The molecular weight excluding hydrogens is 247 g/mol. The molecule has 18 heavy (non-hydrogen) atoms. The van der Waals surface area contributed by atoms with Crippen molar-refractivity contribution in [3.63, 3.8) is 0 Å². The minimum Gasteiger partial charge on any atom is -0.545 e. The van der Waals surface area contributed by atoms with E-state index in [1.54, 1.807) is 19.1 Å². The Balaban J connectivity index is 0. The number of para-hydroxylation sites is 1. The number of hydrogen-bond acceptors (Lipinski definition) is 5. The Morgan fingerprint density at radius 1 is 1.39 bits per heavy atom. The normalized spacial score (nSPS) is 9.17. The molecule has 0 aliphatic carbocycles. The fraction of sp³-hybridized carbons (Fsp3) is 0.417. The van der Waals surface area contributed by atoms with Gasteiger partial charge in [-0.05, 0) is 25.0 Å². The fourth-order valence-electron chi connectivity index (χ4n) is 1.08. The van der Waals surface area contributed by atoms with E-state index < -0.39 is 12.3 Å². The Bertz CT molecular complexity index is 365. The Morgan fingerprint density at radius 2 is 1.94 bits per heavy atom. The summed E-state index contributed by atoms with van der Waals surface area (Å²) in [5, 5.41) is 35.7. The monoisotopic (exact) mass is 264 g/mol. The molecule has 0 bridgehead atoms. The van der Waals surface area contributed by atoms with E-state index >= 15 is 0 Å². The number of aryl methyl sites for hydroxylation is 1. The van der Waals surface area contributed by atoms with Crippen molar-refractivity contribution in [3.8, 4) is 5.75 Å². The maximum atomic E-state index is 10.3. The van der Waals surface area contributed by atoms with Gasteiger partial charge in [0.05, 0.1) is 5.97 Å². The maximum Gasteiger partial charge on any atom is 1.00 e. The van der Waals surface area contributed by atoms with E-state index in [2.05, 4.69) is 0 Å². The van der Waals surface area contributed by atoms with Gasteiger partial charge >= 0.3 is 29.6 Å². The molecule has 1 aromatic rings. The van der Waals surface area contributed by atoms with Gasteiger partial charge in [0.2, 0.25) is 0 Å². The van der Waals surface area contributed by atoms with E-state index in [4.69, 9.17) is 15.3 Å². The number of carbonyl (C=O) groups is 1. The molecule has 6 heteroatoms. The van der Waals surface area contributed by atoms with Crippen molar-refractivity contribution in [3.05, 3.63) is 29.3 Å². The first-order valence-electron chi connectivity index (χ1n) is 5.26. The largest absolute Gasteiger partial charge is 1.00 e. The number of carboxylic acid groups (broad SMARTS) is 1. The average Bonchev–Trinajstić information content (AvgIpc) is 2.22. The summed E-state index contributed by atoms with van der Waals surface area (Å²) in [4.78, 5) is 10.3. The standard InChI is InChI=1S/C8H8O3.C4H10O2.Na/c1-5-3-2-4-6(7(5)9)8(10)11;1-2-3-4(5)6;/h2-4,9H,1H3,(H,10,11);4-6H,2-3H2,1H3;/q;;+1/p-1. The van der Waals surface area contributed by atoms with Crippen LogP contribution < -0.4 is 34.7 Å². The van der Waals surface area contributed by atoms with Crippen LogP contribution in [-0.4, -0.2) is 27.6 Å². The van der Waals surface area contributed by atoms with Gasteiger partial charge in [-0.1, -0.05) is 25.5 Å². The van der Waals surface area contributed by atoms with E-state index in [0.717, 1.165) is 6.42 Å². The van der Waals surface area contributed by atoms with Crippen molar-refractivity contribution in [1.29, 1.82) is 0 Å². The summed E-state index contributed by atoms with van der Waals surface area (Å²) in [5.74, 6) is -1.57. The van der Waals surface area contributed by atoms with E-state index in [1.807, 2.05) is 6.92 Å². The first kappa shape index (κ1) is 19.7. The molecule has 1 rings (SSSR count). The molecule has 0 aliphatic rings. The minimum atomic E-state index is -1.36. The fourth-order valence-corrected chi connectivity index (χ4v) is 1.08. The van der Waals surface area contributed by atoms with Crippen LogP contribution in [0.5, 0.6) is 5.75 Å². The molecule has 0 saturated heterocycles. The summed E-state index contributed by atoms with van der Waals surface area (Å²) in [6.45, 7) is 3.53. The summed E-state index contributed by atoms with van der Waals surface area (Å²) >= 11 is 0. The first-order valence-corrected chi connectivity index (χ1v) is 5.26. The molecular formula is C12H17NaO5. The third-order valence-corrected chi connectivity index (χ3v) is 2.00. The molecule has 5 nitrogen and oxygen atoms in total. The van der Waals surface area contributed by atoms with Gasteiger partial charge in [0, 0.05) is 5.56 Å². The Hall–Kier alpha value is -0.590. The number of aromatic carboxylic acids is 1. The topological polar surface area (TPSA) is 101 Å². The van der Waals surface area contributed by atoms with Crippen LogP contribution in [0.4, 0.5) is 0 Å². The molecule has 0 aromatic heterocycles. The van der Waals surface area contributed by atoms with E-state index in [1.165, 1.54) is 6.07 Å². The molecule has 0 unspecified atom stereocenters. The van der Waals surface area contributed by atoms with Gasteiger partial charge in [-0.3, -0.25) is 0 Å². The molecule has 96 valence electrons. The van der Waals surface area contributed by atoms with Gasteiger partial charge in [-0.2, -0.15) is 0 Å². The Labute approximate surface area is 128 Å². The summed E-state index contributed by atoms with van der Waals surface area (Å²) in [7, 11) is 0. The van der Waals surface area contributed by atoms with Gasteiger partial charge in [0.15, 0.2) is 6.29 Å². The molecule has 0 fully saturated rings. The van der Waals surface area contributed by atoms with Gasteiger partial charge in [-0.15, -0.1) is 0 Å². The van der Waals surface area contributed by atoms with Crippen molar-refractivity contribution in [1.82, 2.24) is 0 Å². The van der Waals surface area contributed by atoms with Crippen LogP contribution in [0.25, 0.3) is 0 Å². The zero-order chi connectivity index (χ0) is 13.4. The zero-order valence-electron chi connectivity index (χ0n) is 10.9. The van der Waals surface area contributed by atoms with Crippen molar-refractivity contribution >= 4 is 5.97 Å². The Morgan fingerprint density at radius 3 is 2.22 bits per heavy atom. The van der Waals surface area contributed by atoms with Crippen molar-refractivity contribution < 1.29 is 54.8 Å². The van der Waals surface area contributed by atoms with E-state index in [9.17, 15) is 9.90 Å².